The zero-order valence-corrected chi connectivity index (χ0v) is 23.7. The van der Waals surface area contributed by atoms with E-state index in [4.69, 9.17) is 8.53 Å². The van der Waals surface area contributed by atoms with Crippen LogP contribution in [0.15, 0.2) is 138 Å². The van der Waals surface area contributed by atoms with Crippen LogP contribution in [0.1, 0.15) is 37.4 Å². The molecule has 1 aromatic heterocycles. The van der Waals surface area contributed by atoms with E-state index in [1.807, 2.05) is 90.7 Å². The molecule has 0 saturated carbocycles. The van der Waals surface area contributed by atoms with Gasteiger partial charge in [-0.25, -0.2) is 0 Å². The molecule has 7 aromatic rings. The maximum absolute atomic E-state index is 9.17. The number of nitrogens with zero attached hydrogens (tertiary/aromatic N) is 1. The third-order valence-electron chi connectivity index (χ3n) is 8.64. The normalized spacial score (nSPS) is 15.0. The van der Waals surface area contributed by atoms with Crippen molar-refractivity contribution in [2.45, 2.75) is 26.2 Å². The summed E-state index contributed by atoms with van der Waals surface area (Å²) in [6, 6.07) is 32.9. The molecule has 0 saturated heterocycles. The summed E-state index contributed by atoms with van der Waals surface area (Å²) in [5.74, 6) is 0. The molecule has 0 radical (unpaired) electrons. The second-order valence-electron chi connectivity index (χ2n) is 11.5. The Kier molecular flexibility index (Phi) is 4.37. The molecule has 0 amide bonds. The van der Waals surface area contributed by atoms with Gasteiger partial charge in [-0.05, 0) is 76.2 Å². The highest BCUT2D eigenvalue weighted by molar-refractivity contribution is 6.15. The standard InChI is InChI=1S/C40H31NO/c1-26-13-12-19-32-34-25-33-31-18-10-11-20-35(31)40(2,3)36(33)37(39(34)42-38(26)32)41(29-16-8-5-9-17-29)30-23-21-28(22-24-30)27-14-6-4-7-15-27/h4-25H,1-3H3/i5D,8D,9D,16D,17D. The molecule has 1 heterocycles. The summed E-state index contributed by atoms with van der Waals surface area (Å²) >= 11 is 0. The van der Waals surface area contributed by atoms with Crippen molar-refractivity contribution < 1.29 is 11.3 Å². The minimum atomic E-state index is -0.501. The minimum Gasteiger partial charge on any atom is -0.454 e. The van der Waals surface area contributed by atoms with E-state index in [-0.39, 0.29) is 17.8 Å². The third kappa shape index (κ3) is 3.58. The Balaban J connectivity index is 1.54. The summed E-state index contributed by atoms with van der Waals surface area (Å²) in [5, 5.41) is 1.87. The Morgan fingerprint density at radius 2 is 1.36 bits per heavy atom. The molecule has 8 rings (SSSR count). The summed E-state index contributed by atoms with van der Waals surface area (Å²) in [5.41, 5.74) is 9.59. The number of hydrogen-bond donors (Lipinski definition) is 0. The average Bonchev–Trinajstić information content (AvgIpc) is 3.58. The van der Waals surface area contributed by atoms with Crippen molar-refractivity contribution in [3.63, 3.8) is 0 Å². The fourth-order valence-electron chi connectivity index (χ4n) is 6.67. The Bertz CT molecular complexity index is 2360. The molecule has 0 fully saturated rings. The van der Waals surface area contributed by atoms with Crippen LogP contribution in [-0.4, -0.2) is 0 Å². The predicted molar refractivity (Wildman–Crippen MR) is 176 cm³/mol. The molecular formula is C40H31NO. The van der Waals surface area contributed by atoms with Crippen LogP contribution in [0.25, 0.3) is 44.2 Å². The van der Waals surface area contributed by atoms with Gasteiger partial charge in [0.1, 0.15) is 5.58 Å². The Labute approximate surface area is 253 Å². The maximum Gasteiger partial charge on any atom is 0.159 e. The number of furan rings is 1. The van der Waals surface area contributed by atoms with Crippen molar-refractivity contribution in [1.82, 2.24) is 0 Å². The van der Waals surface area contributed by atoms with Gasteiger partial charge in [-0.1, -0.05) is 117 Å². The molecule has 2 nitrogen and oxygen atoms in total. The van der Waals surface area contributed by atoms with Gasteiger partial charge in [-0.15, -0.1) is 0 Å². The van der Waals surface area contributed by atoms with Crippen LogP contribution in [0, 0.1) is 6.92 Å². The van der Waals surface area contributed by atoms with Gasteiger partial charge in [0.05, 0.1) is 12.5 Å². The molecule has 1 aliphatic rings. The number of fused-ring (bicyclic) bond motifs is 6. The van der Waals surface area contributed by atoms with Crippen molar-refractivity contribution in [3.05, 3.63) is 150 Å². The van der Waals surface area contributed by atoms with E-state index >= 15 is 0 Å². The zero-order chi connectivity index (χ0) is 32.8. The average molecular weight is 547 g/mol. The lowest BCUT2D eigenvalue weighted by atomic mass is 9.80. The summed E-state index contributed by atoms with van der Waals surface area (Å²) in [6.07, 6.45) is 0. The number of aryl methyl sites for hydroxylation is 1. The van der Waals surface area contributed by atoms with E-state index < -0.39 is 23.5 Å². The Hall–Kier alpha value is -5.08. The molecular weight excluding hydrogens is 510 g/mol. The number of benzene rings is 6. The Morgan fingerprint density at radius 3 is 2.14 bits per heavy atom. The first kappa shape index (κ1) is 19.9. The quantitative estimate of drug-likeness (QED) is 0.218. The van der Waals surface area contributed by atoms with Crippen LogP contribution in [-0.2, 0) is 5.41 Å². The molecule has 1 aliphatic carbocycles. The lowest BCUT2D eigenvalue weighted by Gasteiger charge is -2.32. The van der Waals surface area contributed by atoms with Gasteiger partial charge < -0.3 is 9.32 Å². The number of para-hydroxylation sites is 2. The molecule has 0 aliphatic heterocycles. The molecule has 0 spiro atoms. The van der Waals surface area contributed by atoms with Crippen molar-refractivity contribution in [3.8, 4) is 22.3 Å². The van der Waals surface area contributed by atoms with Crippen LogP contribution in [0.5, 0.6) is 0 Å². The first-order valence-corrected chi connectivity index (χ1v) is 14.2. The number of anilines is 3. The highest BCUT2D eigenvalue weighted by atomic mass is 16.3. The molecule has 0 bridgehead atoms. The second-order valence-corrected chi connectivity index (χ2v) is 11.5. The molecule has 0 N–H and O–H groups in total. The number of rotatable bonds is 4. The van der Waals surface area contributed by atoms with Gasteiger partial charge in [0.15, 0.2) is 5.58 Å². The minimum absolute atomic E-state index is 0.0714. The van der Waals surface area contributed by atoms with Gasteiger partial charge in [-0.3, -0.25) is 0 Å². The van der Waals surface area contributed by atoms with Crippen LogP contribution in [0.4, 0.5) is 17.1 Å². The van der Waals surface area contributed by atoms with Crippen molar-refractivity contribution in [2.75, 3.05) is 4.90 Å². The maximum atomic E-state index is 9.17. The largest absolute Gasteiger partial charge is 0.454 e. The summed E-state index contributed by atoms with van der Waals surface area (Å²) in [6.45, 7) is 6.38. The van der Waals surface area contributed by atoms with Crippen molar-refractivity contribution in [2.24, 2.45) is 0 Å². The molecule has 6 aromatic carbocycles. The van der Waals surface area contributed by atoms with Crippen LogP contribution in [0.3, 0.4) is 0 Å². The highest BCUT2D eigenvalue weighted by Gasteiger charge is 2.41. The van der Waals surface area contributed by atoms with Gasteiger partial charge in [0.2, 0.25) is 0 Å². The summed E-state index contributed by atoms with van der Waals surface area (Å²) in [7, 11) is 0. The van der Waals surface area contributed by atoms with E-state index in [2.05, 4.69) is 38.1 Å². The van der Waals surface area contributed by atoms with E-state index in [0.29, 0.717) is 17.0 Å². The van der Waals surface area contributed by atoms with Crippen LogP contribution >= 0.6 is 0 Å². The topological polar surface area (TPSA) is 16.4 Å². The fourth-order valence-corrected chi connectivity index (χ4v) is 6.67. The monoisotopic (exact) mass is 546 g/mol. The van der Waals surface area contributed by atoms with E-state index in [0.717, 1.165) is 55.3 Å². The van der Waals surface area contributed by atoms with Gasteiger partial charge >= 0.3 is 0 Å². The lowest BCUT2D eigenvalue weighted by Crippen LogP contribution is -2.21. The van der Waals surface area contributed by atoms with E-state index in [9.17, 15) is 2.74 Å². The van der Waals surface area contributed by atoms with Gasteiger partial charge in [-0.2, -0.15) is 0 Å². The van der Waals surface area contributed by atoms with E-state index in [1.165, 1.54) is 0 Å². The molecule has 0 atom stereocenters. The second kappa shape index (κ2) is 9.22. The van der Waals surface area contributed by atoms with Crippen LogP contribution in [0.2, 0.25) is 0 Å². The highest BCUT2D eigenvalue weighted by Crippen LogP contribution is 2.57. The lowest BCUT2D eigenvalue weighted by molar-refractivity contribution is 0.647. The van der Waals surface area contributed by atoms with Crippen LogP contribution < -0.4 is 4.90 Å². The van der Waals surface area contributed by atoms with Crippen molar-refractivity contribution in [1.29, 1.82) is 0 Å². The number of hydrogen-bond acceptors (Lipinski definition) is 2. The fraction of sp³-hybridized carbons (Fsp3) is 0.100. The zero-order valence-electron chi connectivity index (χ0n) is 28.7. The molecule has 2 heteroatoms. The van der Waals surface area contributed by atoms with Gasteiger partial charge in [0, 0.05) is 27.6 Å². The first-order chi connectivity index (χ1) is 22.6. The molecule has 0 unspecified atom stereocenters. The third-order valence-corrected chi connectivity index (χ3v) is 8.64. The van der Waals surface area contributed by atoms with Gasteiger partial charge in [0.25, 0.3) is 0 Å². The molecule has 202 valence electrons. The molecule has 42 heavy (non-hydrogen) atoms. The summed E-state index contributed by atoms with van der Waals surface area (Å²) < 4.78 is 50.9. The summed E-state index contributed by atoms with van der Waals surface area (Å²) in [4.78, 5) is 1.83. The Morgan fingerprint density at radius 1 is 0.643 bits per heavy atom. The van der Waals surface area contributed by atoms with Crippen molar-refractivity contribution >= 4 is 39.0 Å². The van der Waals surface area contributed by atoms with E-state index in [1.54, 1.807) is 0 Å². The predicted octanol–water partition coefficient (Wildman–Crippen LogP) is 11.3. The first-order valence-electron chi connectivity index (χ1n) is 16.7. The smallest absolute Gasteiger partial charge is 0.159 e. The SMILES string of the molecule is [2H]c1c([2H])c([2H])c(N(c2ccc(-c3ccccc3)cc2)c2c3c(cc4c2oc2c(C)cccc24)-c2ccccc2C3(C)C)c([2H])c1[2H].